The van der Waals surface area contributed by atoms with Crippen molar-refractivity contribution in [2.75, 3.05) is 38.3 Å². The highest BCUT2D eigenvalue weighted by Gasteiger charge is 2.22. The second-order valence-corrected chi connectivity index (χ2v) is 7.94. The van der Waals surface area contributed by atoms with E-state index in [1.54, 1.807) is 24.1 Å². The molecule has 0 radical (unpaired) electrons. The zero-order valence-electron chi connectivity index (χ0n) is 17.8. The number of benzene rings is 1. The largest absolute Gasteiger partial charge is 0.472 e. The van der Waals surface area contributed by atoms with E-state index in [-0.39, 0.29) is 11.7 Å². The summed E-state index contributed by atoms with van der Waals surface area (Å²) in [5.41, 5.74) is 2.09. The topological polar surface area (TPSA) is 58.8 Å². The minimum Gasteiger partial charge on any atom is -0.472 e. The summed E-state index contributed by atoms with van der Waals surface area (Å²) in [4.78, 5) is 22.0. The van der Waals surface area contributed by atoms with Gasteiger partial charge in [0.25, 0.3) is 5.91 Å². The van der Waals surface area contributed by atoms with Crippen LogP contribution in [0, 0.1) is 5.82 Å². The fraction of sp³-hybridized carbons (Fsp3) is 0.417. The highest BCUT2D eigenvalue weighted by molar-refractivity contribution is 5.94. The summed E-state index contributed by atoms with van der Waals surface area (Å²) >= 11 is 0. The molecule has 1 aromatic carbocycles. The average molecular weight is 426 g/mol. The number of rotatable bonds is 7. The Kier molecular flexibility index (Phi) is 6.82. The van der Waals surface area contributed by atoms with Crippen molar-refractivity contribution in [3.8, 4) is 0 Å². The number of hydrogen-bond acceptors (Lipinski definition) is 5. The van der Waals surface area contributed by atoms with Gasteiger partial charge in [-0.3, -0.25) is 4.79 Å². The van der Waals surface area contributed by atoms with Crippen LogP contribution in [0.15, 0.2) is 47.3 Å². The summed E-state index contributed by atoms with van der Waals surface area (Å²) in [6.07, 6.45) is 7.56. The molecular formula is C24H28FN3O3. The molecule has 31 heavy (non-hydrogen) atoms. The number of nitrogens with zero attached hydrogens (tertiary/aromatic N) is 3. The molecule has 7 heteroatoms. The number of carbonyl (C=O) groups is 1. The van der Waals surface area contributed by atoms with Crippen LogP contribution in [0.25, 0.3) is 10.9 Å². The van der Waals surface area contributed by atoms with Gasteiger partial charge in [-0.2, -0.15) is 0 Å². The lowest BCUT2D eigenvalue weighted by Gasteiger charge is -2.28. The first-order chi connectivity index (χ1) is 15.2. The molecule has 4 rings (SSSR count). The quantitative estimate of drug-likeness (QED) is 0.552. The third kappa shape index (κ3) is 5.05. The predicted molar refractivity (Wildman–Crippen MR) is 118 cm³/mol. The minimum atomic E-state index is -0.300. The molecule has 1 aliphatic heterocycles. The molecule has 1 fully saturated rings. The molecule has 164 valence electrons. The Morgan fingerprint density at radius 2 is 2.00 bits per heavy atom. The van der Waals surface area contributed by atoms with Crippen molar-refractivity contribution in [1.29, 1.82) is 0 Å². The molecule has 0 aliphatic carbocycles. The second-order valence-electron chi connectivity index (χ2n) is 7.94. The Bertz CT molecular complexity index is 1010. The van der Waals surface area contributed by atoms with E-state index in [1.807, 2.05) is 6.07 Å². The lowest BCUT2D eigenvalue weighted by atomic mass is 10.1. The summed E-state index contributed by atoms with van der Waals surface area (Å²) in [7, 11) is 1.62. The summed E-state index contributed by atoms with van der Waals surface area (Å²) in [5, 5.41) is 0.859. The monoisotopic (exact) mass is 425 g/mol. The summed E-state index contributed by atoms with van der Waals surface area (Å²) in [6.45, 7) is 3.08. The highest BCUT2D eigenvalue weighted by Crippen LogP contribution is 2.28. The Balaban J connectivity index is 1.72. The molecule has 3 aromatic rings. The molecule has 0 atom stereocenters. The van der Waals surface area contributed by atoms with Crippen LogP contribution in [0.4, 0.5) is 10.2 Å². The number of fused-ring (bicyclic) bond motifs is 1. The van der Waals surface area contributed by atoms with Crippen LogP contribution in [0.1, 0.15) is 41.6 Å². The lowest BCUT2D eigenvalue weighted by molar-refractivity contribution is 0.0680. The first-order valence-electron chi connectivity index (χ1n) is 10.8. The molecule has 2 aromatic heterocycles. The second kappa shape index (κ2) is 9.92. The van der Waals surface area contributed by atoms with Crippen molar-refractivity contribution in [2.24, 2.45) is 0 Å². The third-order valence-electron chi connectivity index (χ3n) is 5.72. The molecule has 1 amide bonds. The Morgan fingerprint density at radius 3 is 2.71 bits per heavy atom. The van der Waals surface area contributed by atoms with Gasteiger partial charge in [-0.15, -0.1) is 0 Å². The first kappa shape index (κ1) is 21.3. The van der Waals surface area contributed by atoms with Crippen LogP contribution < -0.4 is 4.90 Å². The number of anilines is 1. The van der Waals surface area contributed by atoms with Crippen molar-refractivity contribution in [3.63, 3.8) is 0 Å². The van der Waals surface area contributed by atoms with Crippen LogP contribution in [0.3, 0.4) is 0 Å². The van der Waals surface area contributed by atoms with E-state index in [4.69, 9.17) is 14.1 Å². The molecule has 6 nitrogen and oxygen atoms in total. The fourth-order valence-electron chi connectivity index (χ4n) is 4.07. The molecule has 1 aliphatic rings. The van der Waals surface area contributed by atoms with Gasteiger partial charge in [-0.25, -0.2) is 9.37 Å². The molecule has 0 saturated carbocycles. The maximum Gasteiger partial charge on any atom is 0.257 e. The highest BCUT2D eigenvalue weighted by atomic mass is 19.1. The smallest absolute Gasteiger partial charge is 0.257 e. The number of amides is 1. The van der Waals surface area contributed by atoms with Crippen molar-refractivity contribution < 1.29 is 18.3 Å². The van der Waals surface area contributed by atoms with E-state index in [9.17, 15) is 9.18 Å². The predicted octanol–water partition coefficient (Wildman–Crippen LogP) is 4.64. The van der Waals surface area contributed by atoms with Gasteiger partial charge in [0.15, 0.2) is 0 Å². The summed E-state index contributed by atoms with van der Waals surface area (Å²) in [5.74, 6) is 0.417. The van der Waals surface area contributed by atoms with E-state index in [2.05, 4.69) is 4.90 Å². The summed E-state index contributed by atoms with van der Waals surface area (Å²) in [6, 6.07) is 8.35. The molecule has 3 heterocycles. The third-order valence-corrected chi connectivity index (χ3v) is 5.72. The van der Waals surface area contributed by atoms with Gasteiger partial charge in [-0.1, -0.05) is 12.8 Å². The lowest BCUT2D eigenvalue weighted by Crippen LogP contribution is -2.34. The Labute approximate surface area is 181 Å². The van der Waals surface area contributed by atoms with Gasteiger partial charge in [0.1, 0.15) is 17.9 Å². The maximum absolute atomic E-state index is 13.9. The number of methoxy groups -OCH3 is 1. The number of halogens is 1. The molecule has 0 N–H and O–H groups in total. The van der Waals surface area contributed by atoms with Crippen molar-refractivity contribution in [2.45, 2.75) is 32.2 Å². The summed E-state index contributed by atoms with van der Waals surface area (Å²) < 4.78 is 24.2. The number of hydrogen-bond donors (Lipinski definition) is 0. The van der Waals surface area contributed by atoms with E-state index >= 15 is 0 Å². The van der Waals surface area contributed by atoms with Crippen LogP contribution >= 0.6 is 0 Å². The molecule has 0 bridgehead atoms. The van der Waals surface area contributed by atoms with Gasteiger partial charge in [0.05, 0.1) is 24.0 Å². The van der Waals surface area contributed by atoms with E-state index in [0.29, 0.717) is 30.8 Å². The first-order valence-corrected chi connectivity index (χ1v) is 10.8. The zero-order chi connectivity index (χ0) is 21.6. The number of pyridine rings is 1. The van der Waals surface area contributed by atoms with Gasteiger partial charge in [-0.05, 0) is 37.1 Å². The van der Waals surface area contributed by atoms with Gasteiger partial charge < -0.3 is 19.0 Å². The fourth-order valence-corrected chi connectivity index (χ4v) is 4.07. The van der Waals surface area contributed by atoms with E-state index in [1.165, 1.54) is 37.5 Å². The van der Waals surface area contributed by atoms with Crippen molar-refractivity contribution in [3.05, 3.63) is 59.8 Å². The molecule has 1 saturated heterocycles. The number of carbonyl (C=O) groups excluding carboxylic acids is 1. The van der Waals surface area contributed by atoms with E-state index in [0.717, 1.165) is 42.7 Å². The Hall–Kier alpha value is -2.93. The Morgan fingerprint density at radius 1 is 1.19 bits per heavy atom. The minimum absolute atomic E-state index is 0.119. The van der Waals surface area contributed by atoms with Gasteiger partial charge in [0, 0.05) is 50.3 Å². The van der Waals surface area contributed by atoms with E-state index < -0.39 is 0 Å². The SMILES string of the molecule is COCCN(Cc1cc2ccc(F)cc2nc1N1CCCCCC1)C(=O)c1ccoc1. The maximum atomic E-state index is 13.9. The zero-order valence-corrected chi connectivity index (χ0v) is 17.8. The average Bonchev–Trinajstić information content (AvgIpc) is 3.18. The number of aromatic nitrogens is 1. The molecular weight excluding hydrogens is 397 g/mol. The standard InChI is InChI=1S/C24H28FN3O3/c1-30-13-11-28(24(29)19-8-12-31-17-19)16-20-14-18-6-7-21(25)15-22(18)26-23(20)27-9-4-2-3-5-10-27/h6-8,12,14-15,17H,2-5,9-11,13,16H2,1H3. The van der Waals surface area contributed by atoms with Crippen LogP contribution in [0.5, 0.6) is 0 Å². The van der Waals surface area contributed by atoms with Crippen LogP contribution in [-0.2, 0) is 11.3 Å². The normalized spacial score (nSPS) is 14.6. The van der Waals surface area contributed by atoms with Crippen molar-refractivity contribution in [1.82, 2.24) is 9.88 Å². The molecule has 0 unspecified atom stereocenters. The number of ether oxygens (including phenoxy) is 1. The van der Waals surface area contributed by atoms with Crippen LogP contribution in [0.2, 0.25) is 0 Å². The molecule has 0 spiro atoms. The van der Waals surface area contributed by atoms with Crippen molar-refractivity contribution >= 4 is 22.6 Å². The van der Waals surface area contributed by atoms with Gasteiger partial charge in [0.2, 0.25) is 0 Å². The van der Waals surface area contributed by atoms with Gasteiger partial charge >= 0.3 is 0 Å². The number of furan rings is 1. The van der Waals surface area contributed by atoms with Crippen LogP contribution in [-0.4, -0.2) is 49.1 Å².